The SMILES string of the molecule is O=C(NCCCSc1ccc(F)cc1)C1CC12CCNCC2. The highest BCUT2D eigenvalue weighted by molar-refractivity contribution is 7.99. The monoisotopic (exact) mass is 322 g/mol. The minimum atomic E-state index is -0.201. The van der Waals surface area contributed by atoms with Crippen molar-refractivity contribution in [3.05, 3.63) is 30.1 Å². The molecule has 1 aliphatic heterocycles. The number of rotatable bonds is 6. The summed E-state index contributed by atoms with van der Waals surface area (Å²) in [7, 11) is 0. The van der Waals surface area contributed by atoms with Crippen LogP contribution in [0.15, 0.2) is 29.2 Å². The molecule has 0 bridgehead atoms. The molecule has 0 radical (unpaired) electrons. The van der Waals surface area contributed by atoms with Gasteiger partial charge < -0.3 is 10.6 Å². The standard InChI is InChI=1S/C17H23FN2OS/c18-13-2-4-14(5-3-13)22-11-1-8-20-16(21)15-12-17(15)6-9-19-10-7-17/h2-5,15,19H,1,6-12H2,(H,20,21). The minimum Gasteiger partial charge on any atom is -0.356 e. The first-order valence-electron chi connectivity index (χ1n) is 8.06. The summed E-state index contributed by atoms with van der Waals surface area (Å²) in [4.78, 5) is 13.2. The van der Waals surface area contributed by atoms with Crippen LogP contribution in [-0.4, -0.2) is 31.3 Å². The lowest BCUT2D eigenvalue weighted by Gasteiger charge is -2.23. The molecule has 1 saturated carbocycles. The van der Waals surface area contributed by atoms with Crippen molar-refractivity contribution in [3.8, 4) is 0 Å². The number of amides is 1. The lowest BCUT2D eigenvalue weighted by atomic mass is 9.92. The van der Waals surface area contributed by atoms with Gasteiger partial charge in [0, 0.05) is 17.4 Å². The molecule has 120 valence electrons. The van der Waals surface area contributed by atoms with Crippen molar-refractivity contribution in [1.82, 2.24) is 10.6 Å². The fraction of sp³-hybridized carbons (Fsp3) is 0.588. The lowest BCUT2D eigenvalue weighted by molar-refractivity contribution is -0.123. The Kier molecular flexibility index (Phi) is 5.03. The quantitative estimate of drug-likeness (QED) is 0.625. The van der Waals surface area contributed by atoms with Crippen LogP contribution in [0.1, 0.15) is 25.7 Å². The van der Waals surface area contributed by atoms with Crippen LogP contribution in [0.4, 0.5) is 4.39 Å². The first kappa shape index (κ1) is 15.8. The molecular weight excluding hydrogens is 299 g/mol. The maximum atomic E-state index is 12.8. The number of halogens is 1. The van der Waals surface area contributed by atoms with Crippen molar-refractivity contribution in [2.75, 3.05) is 25.4 Å². The lowest BCUT2D eigenvalue weighted by Crippen LogP contribution is -2.34. The zero-order valence-corrected chi connectivity index (χ0v) is 13.6. The van der Waals surface area contributed by atoms with Crippen LogP contribution in [-0.2, 0) is 4.79 Å². The maximum absolute atomic E-state index is 12.8. The average Bonchev–Trinajstić information content (AvgIpc) is 3.22. The molecule has 1 aliphatic carbocycles. The Morgan fingerprint density at radius 3 is 2.77 bits per heavy atom. The summed E-state index contributed by atoms with van der Waals surface area (Å²) in [5.74, 6) is 1.23. The van der Waals surface area contributed by atoms with Gasteiger partial charge in [-0.2, -0.15) is 0 Å². The first-order valence-corrected chi connectivity index (χ1v) is 9.05. The van der Waals surface area contributed by atoms with Crippen LogP contribution in [0.5, 0.6) is 0 Å². The Morgan fingerprint density at radius 2 is 2.05 bits per heavy atom. The van der Waals surface area contributed by atoms with Crippen LogP contribution < -0.4 is 10.6 Å². The molecule has 5 heteroatoms. The second-order valence-electron chi connectivity index (χ2n) is 6.32. The molecule has 1 atom stereocenters. The van der Waals surface area contributed by atoms with E-state index in [1.165, 1.54) is 12.1 Å². The van der Waals surface area contributed by atoms with Crippen LogP contribution in [0.3, 0.4) is 0 Å². The summed E-state index contributed by atoms with van der Waals surface area (Å²) in [6.07, 6.45) is 4.30. The van der Waals surface area contributed by atoms with Gasteiger partial charge in [0.05, 0.1) is 0 Å². The van der Waals surface area contributed by atoms with Crippen LogP contribution in [0.2, 0.25) is 0 Å². The van der Waals surface area contributed by atoms with Crippen LogP contribution in [0.25, 0.3) is 0 Å². The van der Waals surface area contributed by atoms with Gasteiger partial charge in [0.25, 0.3) is 0 Å². The number of benzene rings is 1. The largest absolute Gasteiger partial charge is 0.356 e. The van der Waals surface area contributed by atoms with Gasteiger partial charge in [0.2, 0.25) is 5.91 Å². The molecular formula is C17H23FN2OS. The smallest absolute Gasteiger partial charge is 0.223 e. The van der Waals surface area contributed by atoms with E-state index in [4.69, 9.17) is 0 Å². The van der Waals surface area contributed by atoms with Gasteiger partial charge in [-0.15, -0.1) is 11.8 Å². The Balaban J connectivity index is 1.30. The van der Waals surface area contributed by atoms with Gasteiger partial charge in [-0.05, 0) is 74.2 Å². The number of carbonyl (C=O) groups excluding carboxylic acids is 1. The van der Waals surface area contributed by atoms with E-state index in [2.05, 4.69) is 10.6 Å². The predicted octanol–water partition coefficient (Wildman–Crippen LogP) is 2.81. The van der Waals surface area contributed by atoms with Gasteiger partial charge in [0.1, 0.15) is 5.82 Å². The second kappa shape index (κ2) is 7.01. The summed E-state index contributed by atoms with van der Waals surface area (Å²) in [6.45, 7) is 2.84. The van der Waals surface area contributed by atoms with E-state index in [-0.39, 0.29) is 17.6 Å². The number of piperidine rings is 1. The van der Waals surface area contributed by atoms with Gasteiger partial charge >= 0.3 is 0 Å². The highest BCUT2D eigenvalue weighted by Gasteiger charge is 2.57. The van der Waals surface area contributed by atoms with E-state index in [9.17, 15) is 9.18 Å². The van der Waals surface area contributed by atoms with Gasteiger partial charge in [-0.25, -0.2) is 4.39 Å². The van der Waals surface area contributed by atoms with E-state index in [0.717, 1.165) is 56.0 Å². The zero-order chi connectivity index (χ0) is 15.4. The summed E-state index contributed by atoms with van der Waals surface area (Å²) in [5, 5.41) is 6.44. The van der Waals surface area contributed by atoms with E-state index >= 15 is 0 Å². The highest BCUT2D eigenvalue weighted by Crippen LogP contribution is 2.58. The zero-order valence-electron chi connectivity index (χ0n) is 12.7. The molecule has 2 N–H and O–H groups in total. The van der Waals surface area contributed by atoms with Gasteiger partial charge in [-0.3, -0.25) is 4.79 Å². The third kappa shape index (κ3) is 3.82. The fourth-order valence-corrected chi connectivity index (χ4v) is 4.18. The Hall–Kier alpha value is -1.07. The molecule has 0 aromatic heterocycles. The molecule has 22 heavy (non-hydrogen) atoms. The van der Waals surface area contributed by atoms with Crippen molar-refractivity contribution in [3.63, 3.8) is 0 Å². The number of hydrogen-bond donors (Lipinski definition) is 2. The maximum Gasteiger partial charge on any atom is 0.223 e. The summed E-state index contributed by atoms with van der Waals surface area (Å²) in [6, 6.07) is 6.55. The third-order valence-electron chi connectivity index (χ3n) is 4.81. The topological polar surface area (TPSA) is 41.1 Å². The van der Waals surface area contributed by atoms with E-state index in [0.29, 0.717) is 5.41 Å². The summed E-state index contributed by atoms with van der Waals surface area (Å²) >= 11 is 1.70. The van der Waals surface area contributed by atoms with Crippen molar-refractivity contribution < 1.29 is 9.18 Å². The highest BCUT2D eigenvalue weighted by atomic mass is 32.2. The summed E-state index contributed by atoms with van der Waals surface area (Å²) in [5.41, 5.74) is 0.318. The molecule has 3 rings (SSSR count). The normalized spacial score (nSPS) is 22.5. The predicted molar refractivity (Wildman–Crippen MR) is 87.4 cm³/mol. The van der Waals surface area contributed by atoms with E-state index in [1.807, 2.05) is 0 Å². The van der Waals surface area contributed by atoms with Crippen LogP contribution >= 0.6 is 11.8 Å². The summed E-state index contributed by atoms with van der Waals surface area (Å²) < 4.78 is 12.8. The average molecular weight is 322 g/mol. The first-order chi connectivity index (χ1) is 10.7. The molecule has 2 fully saturated rings. The number of nitrogens with one attached hydrogen (secondary N) is 2. The number of hydrogen-bond acceptors (Lipinski definition) is 3. The van der Waals surface area contributed by atoms with Crippen molar-refractivity contribution in [1.29, 1.82) is 0 Å². The molecule has 3 nitrogen and oxygen atoms in total. The molecule has 1 aromatic carbocycles. The molecule has 1 amide bonds. The van der Waals surface area contributed by atoms with Crippen molar-refractivity contribution in [2.45, 2.75) is 30.6 Å². The molecule has 1 unspecified atom stereocenters. The molecule has 1 spiro atoms. The van der Waals surface area contributed by atoms with E-state index in [1.54, 1.807) is 23.9 Å². The number of thioether (sulfide) groups is 1. The van der Waals surface area contributed by atoms with Crippen molar-refractivity contribution >= 4 is 17.7 Å². The Bertz CT molecular complexity index is 514. The molecule has 1 saturated heterocycles. The van der Waals surface area contributed by atoms with Gasteiger partial charge in [-0.1, -0.05) is 0 Å². The van der Waals surface area contributed by atoms with E-state index < -0.39 is 0 Å². The second-order valence-corrected chi connectivity index (χ2v) is 7.48. The van der Waals surface area contributed by atoms with Crippen molar-refractivity contribution in [2.24, 2.45) is 11.3 Å². The molecule has 1 heterocycles. The Morgan fingerprint density at radius 1 is 1.32 bits per heavy atom. The molecule has 2 aliphatic rings. The van der Waals surface area contributed by atoms with Crippen LogP contribution in [0, 0.1) is 17.2 Å². The fourth-order valence-electron chi connectivity index (χ4n) is 3.32. The molecule has 1 aromatic rings. The number of carbonyl (C=O) groups is 1. The Labute approximate surface area is 135 Å². The third-order valence-corrected chi connectivity index (χ3v) is 5.91. The van der Waals surface area contributed by atoms with Gasteiger partial charge in [0.15, 0.2) is 0 Å². The minimum absolute atomic E-state index is 0.201.